The van der Waals surface area contributed by atoms with Crippen LogP contribution in [0, 0.1) is 31.6 Å². The van der Waals surface area contributed by atoms with E-state index in [2.05, 4.69) is 5.32 Å². The monoisotopic (exact) mass is 699 g/mol. The number of hydrogen-bond donors (Lipinski definition) is 2. The number of para-hydroxylation sites is 1. The number of carbonyl (C=O) groups is 4. The summed E-state index contributed by atoms with van der Waals surface area (Å²) in [6.07, 6.45) is 6.49. The van der Waals surface area contributed by atoms with Crippen LogP contribution in [-0.4, -0.2) is 90.4 Å². The van der Waals surface area contributed by atoms with E-state index < -0.39 is 59.6 Å². The number of esters is 1. The minimum absolute atomic E-state index is 0.0632. The molecule has 4 aliphatic rings. The Morgan fingerprint density at radius 1 is 1.00 bits per heavy atom. The minimum Gasteiger partial charge on any atom is -0.455 e. The van der Waals surface area contributed by atoms with E-state index in [1.54, 1.807) is 17.1 Å². The molecule has 5 bridgehead atoms. The van der Waals surface area contributed by atoms with Gasteiger partial charge in [0.05, 0.1) is 37.3 Å². The number of anilines is 1. The van der Waals surface area contributed by atoms with Gasteiger partial charge in [0.15, 0.2) is 0 Å². The summed E-state index contributed by atoms with van der Waals surface area (Å²) in [4.78, 5) is 61.1. The first kappa shape index (κ1) is 36.5. The molecular formula is C40H49N3O8. The van der Waals surface area contributed by atoms with Crippen molar-refractivity contribution in [1.82, 2.24) is 10.2 Å². The standard InChI is InChI=1S/C40H49N3O8/c1-24(2)21-28(22-44)43-36-38(47)42(34-25(3)13-12-14-26(34)4)20-11-7-10-17-31(45)41-29(23-49-5)35(27-15-8-6-9-16-27)50-39(48)32-30-18-19-40(36,51-30)33(32)37(43)46/h6-9,11-16,18-19,24,28-30,32-33,35-36,44H,10,17,20-23H2,1-5H3,(H,41,45)/b11-7-/t28-,29-,30+,32-,33-,35-,36+,40-/m1/s1. The number of methoxy groups -OCH3 is 1. The van der Waals surface area contributed by atoms with E-state index in [0.717, 1.165) is 11.1 Å². The van der Waals surface area contributed by atoms with E-state index in [1.165, 1.54) is 12.0 Å². The smallest absolute Gasteiger partial charge is 0.313 e. The average Bonchev–Trinajstić information content (AvgIpc) is 3.75. The highest BCUT2D eigenvalue weighted by Crippen LogP contribution is 2.56. The second-order valence-electron chi connectivity index (χ2n) is 14.5. The molecule has 6 rings (SSSR count). The molecule has 272 valence electrons. The predicted molar refractivity (Wildman–Crippen MR) is 190 cm³/mol. The molecule has 11 heteroatoms. The summed E-state index contributed by atoms with van der Waals surface area (Å²) in [5, 5.41) is 13.8. The summed E-state index contributed by atoms with van der Waals surface area (Å²) in [6, 6.07) is 12.3. The highest BCUT2D eigenvalue weighted by Gasteiger charge is 2.74. The van der Waals surface area contributed by atoms with Crippen LogP contribution >= 0.6 is 0 Å². The van der Waals surface area contributed by atoms with Crippen LogP contribution in [0.2, 0.25) is 0 Å². The average molecular weight is 700 g/mol. The van der Waals surface area contributed by atoms with Crippen molar-refractivity contribution in [2.45, 2.75) is 82.9 Å². The lowest BCUT2D eigenvalue weighted by molar-refractivity contribution is -0.162. The number of cyclic esters (lactones) is 1. The van der Waals surface area contributed by atoms with Crippen LogP contribution in [0.4, 0.5) is 5.69 Å². The lowest BCUT2D eigenvalue weighted by Gasteiger charge is -2.39. The van der Waals surface area contributed by atoms with Gasteiger partial charge in [-0.05, 0) is 49.3 Å². The molecule has 4 aliphatic heterocycles. The zero-order chi connectivity index (χ0) is 36.4. The highest BCUT2D eigenvalue weighted by molar-refractivity contribution is 6.06. The lowest BCUT2D eigenvalue weighted by atomic mass is 9.74. The Labute approximate surface area is 299 Å². The maximum absolute atomic E-state index is 15.3. The van der Waals surface area contributed by atoms with Gasteiger partial charge < -0.3 is 34.4 Å². The van der Waals surface area contributed by atoms with Crippen molar-refractivity contribution in [3.63, 3.8) is 0 Å². The molecule has 3 amide bonds. The molecule has 4 heterocycles. The Balaban J connectivity index is 1.51. The summed E-state index contributed by atoms with van der Waals surface area (Å²) >= 11 is 0. The molecule has 2 aromatic rings. The number of rotatable bonds is 8. The summed E-state index contributed by atoms with van der Waals surface area (Å²) < 4.78 is 18.5. The van der Waals surface area contributed by atoms with E-state index in [9.17, 15) is 19.5 Å². The van der Waals surface area contributed by atoms with Crippen molar-refractivity contribution >= 4 is 29.4 Å². The van der Waals surface area contributed by atoms with Crippen molar-refractivity contribution in [3.05, 3.63) is 89.5 Å². The lowest BCUT2D eigenvalue weighted by Crippen LogP contribution is -2.59. The first-order valence-corrected chi connectivity index (χ1v) is 17.9. The van der Waals surface area contributed by atoms with Crippen LogP contribution in [0.5, 0.6) is 0 Å². The van der Waals surface area contributed by atoms with Crippen LogP contribution < -0.4 is 10.2 Å². The number of ether oxygens (including phenoxy) is 3. The van der Waals surface area contributed by atoms with E-state index in [4.69, 9.17) is 14.2 Å². The molecule has 2 N–H and O–H groups in total. The Morgan fingerprint density at radius 3 is 2.39 bits per heavy atom. The second kappa shape index (κ2) is 15.1. The number of nitrogens with one attached hydrogen (secondary N) is 1. The molecule has 1 spiro atoms. The van der Waals surface area contributed by atoms with Gasteiger partial charge in [-0.1, -0.05) is 86.7 Å². The topological polar surface area (TPSA) is 135 Å². The number of aliphatic hydroxyl groups is 1. The normalized spacial score (nSPS) is 30.8. The van der Waals surface area contributed by atoms with Gasteiger partial charge in [-0.3, -0.25) is 19.2 Å². The number of allylic oxidation sites excluding steroid dienone is 1. The van der Waals surface area contributed by atoms with Gasteiger partial charge >= 0.3 is 5.97 Å². The molecule has 8 atom stereocenters. The molecule has 0 radical (unpaired) electrons. The first-order valence-electron chi connectivity index (χ1n) is 17.9. The summed E-state index contributed by atoms with van der Waals surface area (Å²) in [5.41, 5.74) is 1.63. The van der Waals surface area contributed by atoms with Gasteiger partial charge in [0.1, 0.15) is 23.7 Å². The van der Waals surface area contributed by atoms with Gasteiger partial charge in [-0.15, -0.1) is 0 Å². The van der Waals surface area contributed by atoms with Crippen LogP contribution in [0.25, 0.3) is 0 Å². The van der Waals surface area contributed by atoms with Gasteiger partial charge in [-0.2, -0.15) is 0 Å². The Morgan fingerprint density at radius 2 is 1.73 bits per heavy atom. The SMILES string of the molecule is COC[C@H]1NC(=O)CC/C=C\CN(c2c(C)cccc2C)C(=O)[C@@H]2N([C@@H](CO)CC(C)C)C(=O)[C@H]3[C@H](C(=O)O[C@@H]1c1ccccc1)[C@@H]1C=C[C@]23O1. The maximum atomic E-state index is 15.3. The number of amides is 3. The first-order chi connectivity index (χ1) is 24.5. The molecule has 0 aromatic heterocycles. The molecular weight excluding hydrogens is 650 g/mol. The predicted octanol–water partition coefficient (Wildman–Crippen LogP) is 3.96. The number of hydrogen-bond acceptors (Lipinski definition) is 8. The van der Waals surface area contributed by atoms with E-state index in [0.29, 0.717) is 24.1 Å². The number of aryl methyl sites for hydroxylation is 2. The largest absolute Gasteiger partial charge is 0.455 e. The van der Waals surface area contributed by atoms with Crippen molar-refractivity contribution in [2.24, 2.45) is 17.8 Å². The number of carbonyl (C=O) groups excluding carboxylic acids is 4. The van der Waals surface area contributed by atoms with Gasteiger partial charge in [0.25, 0.3) is 5.91 Å². The molecule has 2 saturated heterocycles. The fourth-order valence-electron chi connectivity index (χ4n) is 8.45. The third-order valence-corrected chi connectivity index (χ3v) is 10.6. The van der Waals surface area contributed by atoms with E-state index in [-0.39, 0.29) is 43.9 Å². The van der Waals surface area contributed by atoms with Crippen molar-refractivity contribution < 1.29 is 38.5 Å². The fourth-order valence-corrected chi connectivity index (χ4v) is 8.45. The molecule has 0 aliphatic carbocycles. The Hall–Kier alpha value is -4.32. The van der Waals surface area contributed by atoms with Crippen LogP contribution in [-0.2, 0) is 33.4 Å². The summed E-state index contributed by atoms with van der Waals surface area (Å²) in [5.74, 6) is -3.79. The van der Waals surface area contributed by atoms with E-state index in [1.807, 2.05) is 88.4 Å². The molecule has 11 nitrogen and oxygen atoms in total. The quantitative estimate of drug-likeness (QED) is 0.313. The number of aliphatic hydroxyl groups excluding tert-OH is 1. The fraction of sp³-hybridized carbons (Fsp3) is 0.500. The number of benzene rings is 2. The van der Waals surface area contributed by atoms with E-state index >= 15 is 4.79 Å². The van der Waals surface area contributed by atoms with Crippen molar-refractivity contribution in [1.29, 1.82) is 0 Å². The van der Waals surface area contributed by atoms with Gasteiger partial charge in [0.2, 0.25) is 11.8 Å². The minimum atomic E-state index is -1.47. The third-order valence-electron chi connectivity index (χ3n) is 10.6. The summed E-state index contributed by atoms with van der Waals surface area (Å²) in [6.45, 7) is 7.73. The number of nitrogens with zero attached hydrogens (tertiary/aromatic N) is 2. The van der Waals surface area contributed by atoms with Gasteiger partial charge in [0, 0.05) is 25.8 Å². The molecule has 51 heavy (non-hydrogen) atoms. The third kappa shape index (κ3) is 6.74. The maximum Gasteiger partial charge on any atom is 0.313 e. The van der Waals surface area contributed by atoms with Crippen LogP contribution in [0.1, 0.15) is 55.9 Å². The summed E-state index contributed by atoms with van der Waals surface area (Å²) in [7, 11) is 1.51. The second-order valence-corrected chi connectivity index (χ2v) is 14.5. The molecule has 2 fully saturated rings. The Kier molecular flexibility index (Phi) is 10.8. The molecule has 2 aromatic carbocycles. The van der Waals surface area contributed by atoms with Crippen LogP contribution in [0.3, 0.4) is 0 Å². The number of fused-ring (bicyclic) bond motifs is 2. The van der Waals surface area contributed by atoms with Gasteiger partial charge in [-0.25, -0.2) is 0 Å². The zero-order valence-electron chi connectivity index (χ0n) is 30.0. The van der Waals surface area contributed by atoms with Crippen LogP contribution in [0.15, 0.2) is 72.8 Å². The molecule has 0 unspecified atom stereocenters. The zero-order valence-corrected chi connectivity index (χ0v) is 30.0. The van der Waals surface area contributed by atoms with Crippen molar-refractivity contribution in [3.8, 4) is 0 Å². The van der Waals surface area contributed by atoms with Crippen molar-refractivity contribution in [2.75, 3.05) is 31.8 Å². The highest BCUT2D eigenvalue weighted by atomic mass is 16.6. The molecule has 0 saturated carbocycles. The number of likely N-dealkylation sites (tertiary alicyclic amines) is 1. The Bertz CT molecular complexity index is 1670.